The average molecular weight is 360 g/mol. The zero-order chi connectivity index (χ0) is 19.0. The van der Waals surface area contributed by atoms with Gasteiger partial charge in [0.25, 0.3) is 5.69 Å². The van der Waals surface area contributed by atoms with Crippen LogP contribution in [0.25, 0.3) is 21.9 Å². The van der Waals surface area contributed by atoms with Gasteiger partial charge in [-0.25, -0.2) is 9.97 Å². The molecule has 9 heteroatoms. The first-order valence-corrected chi connectivity index (χ1v) is 7.86. The highest BCUT2D eigenvalue weighted by Gasteiger charge is 2.15. The van der Waals surface area contributed by atoms with E-state index in [1.807, 2.05) is 24.3 Å². The number of benzene rings is 2. The molecule has 2 aromatic carbocycles. The zero-order valence-corrected chi connectivity index (χ0v) is 14.1. The molecule has 9 nitrogen and oxygen atoms in total. The van der Waals surface area contributed by atoms with Crippen LogP contribution < -0.4 is 10.1 Å². The molecule has 2 heterocycles. The van der Waals surface area contributed by atoms with E-state index in [1.165, 1.54) is 24.5 Å². The second kappa shape index (κ2) is 6.27. The van der Waals surface area contributed by atoms with Crippen LogP contribution in [0.2, 0.25) is 0 Å². The SMILES string of the molecule is COc1ccc2[nH]c3c(Nc4ccc([N+](=O)[O-])cc4C#N)ncnc3c2c1. The molecule has 4 rings (SSSR count). The number of non-ortho nitro benzene ring substituents is 1. The van der Waals surface area contributed by atoms with Crippen molar-refractivity contribution in [3.63, 3.8) is 0 Å². The number of H-pyrrole nitrogens is 1. The lowest BCUT2D eigenvalue weighted by atomic mass is 10.1. The number of nitriles is 1. The third kappa shape index (κ3) is 2.75. The molecule has 2 N–H and O–H groups in total. The molecule has 0 aliphatic carbocycles. The molecule has 2 aromatic heterocycles. The molecule has 27 heavy (non-hydrogen) atoms. The lowest BCUT2D eigenvalue weighted by Gasteiger charge is -2.08. The van der Waals surface area contributed by atoms with Gasteiger partial charge < -0.3 is 15.0 Å². The highest BCUT2D eigenvalue weighted by Crippen LogP contribution is 2.32. The first kappa shape index (κ1) is 16.3. The summed E-state index contributed by atoms with van der Waals surface area (Å²) in [5, 5.41) is 24.2. The molecular weight excluding hydrogens is 348 g/mol. The number of nitrogens with zero attached hydrogens (tertiary/aromatic N) is 4. The van der Waals surface area contributed by atoms with Gasteiger partial charge in [0.1, 0.15) is 29.2 Å². The maximum absolute atomic E-state index is 10.9. The Labute approximate surface area is 152 Å². The summed E-state index contributed by atoms with van der Waals surface area (Å²) in [6, 6.07) is 11.6. The average Bonchev–Trinajstić information content (AvgIpc) is 3.07. The minimum absolute atomic E-state index is 0.147. The van der Waals surface area contributed by atoms with E-state index in [1.54, 1.807) is 7.11 Å². The number of fused-ring (bicyclic) bond motifs is 3. The zero-order valence-electron chi connectivity index (χ0n) is 14.1. The molecule has 132 valence electrons. The lowest BCUT2D eigenvalue weighted by Crippen LogP contribution is -1.99. The van der Waals surface area contributed by atoms with Gasteiger partial charge in [-0.05, 0) is 24.3 Å². The van der Waals surface area contributed by atoms with Crippen molar-refractivity contribution < 1.29 is 9.66 Å². The summed E-state index contributed by atoms with van der Waals surface area (Å²) in [4.78, 5) is 22.2. The molecule has 0 bridgehead atoms. The van der Waals surface area contributed by atoms with Crippen LogP contribution >= 0.6 is 0 Å². The van der Waals surface area contributed by atoms with Crippen LogP contribution in [0.5, 0.6) is 5.75 Å². The third-order valence-corrected chi connectivity index (χ3v) is 4.18. The fourth-order valence-corrected chi connectivity index (χ4v) is 2.87. The number of nitrogens with one attached hydrogen (secondary N) is 2. The van der Waals surface area contributed by atoms with E-state index in [2.05, 4.69) is 20.3 Å². The molecule has 0 fully saturated rings. The predicted molar refractivity (Wildman–Crippen MR) is 99.0 cm³/mol. The van der Waals surface area contributed by atoms with Crippen LogP contribution in [0, 0.1) is 21.4 Å². The molecule has 0 amide bonds. The first-order chi connectivity index (χ1) is 13.1. The predicted octanol–water partition coefficient (Wildman–Crippen LogP) is 3.64. The Balaban J connectivity index is 1.83. The highest BCUT2D eigenvalue weighted by molar-refractivity contribution is 6.08. The van der Waals surface area contributed by atoms with Crippen molar-refractivity contribution in [3.05, 3.63) is 58.4 Å². The minimum Gasteiger partial charge on any atom is -0.497 e. The summed E-state index contributed by atoms with van der Waals surface area (Å²) in [6.07, 6.45) is 1.41. The third-order valence-electron chi connectivity index (χ3n) is 4.18. The van der Waals surface area contributed by atoms with Crippen LogP contribution in [-0.4, -0.2) is 27.0 Å². The summed E-state index contributed by atoms with van der Waals surface area (Å²) in [5.74, 6) is 1.17. The Morgan fingerprint density at radius 2 is 2.11 bits per heavy atom. The van der Waals surface area contributed by atoms with Crippen molar-refractivity contribution in [3.8, 4) is 11.8 Å². The van der Waals surface area contributed by atoms with Gasteiger partial charge in [-0.1, -0.05) is 0 Å². The number of nitro benzene ring substituents is 1. The van der Waals surface area contributed by atoms with Crippen LogP contribution in [0.4, 0.5) is 17.2 Å². The number of ether oxygens (including phenoxy) is 1. The van der Waals surface area contributed by atoms with Gasteiger partial charge >= 0.3 is 0 Å². The highest BCUT2D eigenvalue weighted by atomic mass is 16.6. The van der Waals surface area contributed by atoms with Gasteiger partial charge in [0.15, 0.2) is 5.82 Å². The standard InChI is InChI=1S/C18H12N6O3/c1-27-12-3-5-15-13(7-12)16-17(22-15)18(21-9-20-16)23-14-4-2-11(24(25)26)6-10(14)8-19/h2-7,9,22H,1H3,(H,20,21,23). The molecule has 0 unspecified atom stereocenters. The molecule has 0 saturated heterocycles. The van der Waals surface area contributed by atoms with Crippen molar-refractivity contribution in [1.29, 1.82) is 5.26 Å². The van der Waals surface area contributed by atoms with E-state index < -0.39 is 4.92 Å². The van der Waals surface area contributed by atoms with Crippen LogP contribution in [-0.2, 0) is 0 Å². The molecule has 0 aliphatic heterocycles. The second-order valence-corrected chi connectivity index (χ2v) is 5.71. The number of methoxy groups -OCH3 is 1. The molecule has 0 spiro atoms. The maximum Gasteiger partial charge on any atom is 0.270 e. The first-order valence-electron chi connectivity index (χ1n) is 7.86. The number of aromatic nitrogens is 3. The van der Waals surface area contributed by atoms with Gasteiger partial charge in [0.2, 0.25) is 0 Å². The maximum atomic E-state index is 10.9. The Hall–Kier alpha value is -4.19. The Morgan fingerprint density at radius 1 is 1.26 bits per heavy atom. The number of hydrogen-bond acceptors (Lipinski definition) is 7. The fourth-order valence-electron chi connectivity index (χ4n) is 2.87. The van der Waals surface area contributed by atoms with E-state index in [9.17, 15) is 15.4 Å². The number of hydrogen-bond donors (Lipinski definition) is 2. The Kier molecular flexibility index (Phi) is 3.78. The van der Waals surface area contributed by atoms with Crippen molar-refractivity contribution in [2.45, 2.75) is 0 Å². The summed E-state index contributed by atoms with van der Waals surface area (Å²) in [5.41, 5.74) is 2.62. The molecule has 0 aliphatic rings. The Bertz CT molecular complexity index is 1240. The second-order valence-electron chi connectivity index (χ2n) is 5.71. The topological polar surface area (TPSA) is 130 Å². The molecule has 4 aromatic rings. The summed E-state index contributed by atoms with van der Waals surface area (Å²) >= 11 is 0. The van der Waals surface area contributed by atoms with Crippen molar-refractivity contribution in [2.24, 2.45) is 0 Å². The molecular formula is C18H12N6O3. The van der Waals surface area contributed by atoms with Gasteiger partial charge in [0, 0.05) is 23.0 Å². The monoisotopic (exact) mass is 360 g/mol. The minimum atomic E-state index is -0.543. The van der Waals surface area contributed by atoms with Crippen molar-refractivity contribution in [1.82, 2.24) is 15.0 Å². The lowest BCUT2D eigenvalue weighted by molar-refractivity contribution is -0.384. The number of rotatable bonds is 4. The van der Waals surface area contributed by atoms with Crippen LogP contribution in [0.1, 0.15) is 5.56 Å². The van der Waals surface area contributed by atoms with E-state index in [4.69, 9.17) is 4.74 Å². The molecule has 0 saturated carbocycles. The van der Waals surface area contributed by atoms with Gasteiger partial charge in [-0.15, -0.1) is 0 Å². The largest absolute Gasteiger partial charge is 0.497 e. The fraction of sp³-hybridized carbons (Fsp3) is 0.0556. The molecule has 0 atom stereocenters. The van der Waals surface area contributed by atoms with Crippen molar-refractivity contribution in [2.75, 3.05) is 12.4 Å². The van der Waals surface area contributed by atoms with Gasteiger partial charge in [-0.2, -0.15) is 5.26 Å². The van der Waals surface area contributed by atoms with Gasteiger partial charge in [-0.3, -0.25) is 10.1 Å². The van der Waals surface area contributed by atoms with E-state index in [0.29, 0.717) is 28.3 Å². The normalized spacial score (nSPS) is 10.7. The summed E-state index contributed by atoms with van der Waals surface area (Å²) < 4.78 is 5.26. The Morgan fingerprint density at radius 3 is 2.85 bits per heavy atom. The van der Waals surface area contributed by atoms with Crippen LogP contribution in [0.15, 0.2) is 42.7 Å². The quantitative estimate of drug-likeness (QED) is 0.419. The smallest absolute Gasteiger partial charge is 0.270 e. The number of aromatic amines is 1. The van der Waals surface area contributed by atoms with E-state index in [0.717, 1.165) is 10.9 Å². The molecule has 0 radical (unpaired) electrons. The number of nitro groups is 1. The summed E-state index contributed by atoms with van der Waals surface area (Å²) in [7, 11) is 1.59. The van der Waals surface area contributed by atoms with E-state index in [-0.39, 0.29) is 11.3 Å². The summed E-state index contributed by atoms with van der Waals surface area (Å²) in [6.45, 7) is 0. The van der Waals surface area contributed by atoms with Crippen LogP contribution in [0.3, 0.4) is 0 Å². The van der Waals surface area contributed by atoms with E-state index >= 15 is 0 Å². The van der Waals surface area contributed by atoms with Gasteiger partial charge in [0.05, 0.1) is 23.3 Å². The number of anilines is 2. The van der Waals surface area contributed by atoms with Crippen molar-refractivity contribution >= 4 is 39.1 Å².